The van der Waals surface area contributed by atoms with Crippen molar-refractivity contribution in [2.24, 2.45) is 5.92 Å². The van der Waals surface area contributed by atoms with E-state index in [9.17, 15) is 0 Å². The summed E-state index contributed by atoms with van der Waals surface area (Å²) < 4.78 is 24.0. The summed E-state index contributed by atoms with van der Waals surface area (Å²) in [5, 5.41) is 2.56. The molecule has 2 heterocycles. The van der Waals surface area contributed by atoms with Crippen LogP contribution in [0.3, 0.4) is 0 Å². The third kappa shape index (κ3) is 4.22. The molecule has 8 heteroatoms. The minimum absolute atomic E-state index is 0.0728. The van der Waals surface area contributed by atoms with Crippen molar-refractivity contribution in [2.75, 3.05) is 6.61 Å². The maximum atomic E-state index is 15.2. The number of rotatable bonds is 6. The standard InChI is InChI=1S/C27H28ClFN4OSi/c1-27(2,3)35(20-10-6-4-7-11-20,21-12-8-5-9-13-21)34-16-19-14-22(29)23(15-19)33-18-32-24-25(28)30-17-31-26(24)33/h4-14,17-19,23H,15-16H2,1-3H3/t19-,23-/m1/s1. The summed E-state index contributed by atoms with van der Waals surface area (Å²) in [6.45, 7) is 7.16. The molecule has 0 saturated carbocycles. The summed E-state index contributed by atoms with van der Waals surface area (Å²) in [7, 11) is -2.69. The van der Waals surface area contributed by atoms with Crippen molar-refractivity contribution in [3.05, 3.63) is 90.4 Å². The molecular formula is C27H28ClFN4OSi. The zero-order chi connectivity index (χ0) is 24.6. The highest BCUT2D eigenvalue weighted by molar-refractivity contribution is 6.99. The smallest absolute Gasteiger partial charge is 0.261 e. The van der Waals surface area contributed by atoms with Gasteiger partial charge in [-0.25, -0.2) is 19.3 Å². The van der Waals surface area contributed by atoms with Gasteiger partial charge in [0.05, 0.1) is 12.4 Å². The minimum atomic E-state index is -2.69. The van der Waals surface area contributed by atoms with E-state index in [1.54, 1.807) is 17.0 Å². The number of nitrogens with zero attached hydrogens (tertiary/aromatic N) is 4. The fourth-order valence-corrected chi connectivity index (χ4v) is 10.0. The molecule has 0 bridgehead atoms. The van der Waals surface area contributed by atoms with Crippen LogP contribution in [0.25, 0.3) is 11.2 Å². The summed E-state index contributed by atoms with van der Waals surface area (Å²) in [4.78, 5) is 12.6. The van der Waals surface area contributed by atoms with Gasteiger partial charge in [-0.15, -0.1) is 0 Å². The Hall–Kier alpha value is -2.87. The first kappa shape index (κ1) is 23.8. The van der Waals surface area contributed by atoms with E-state index in [4.69, 9.17) is 16.0 Å². The number of hydrogen-bond acceptors (Lipinski definition) is 4. The van der Waals surface area contributed by atoms with E-state index in [1.807, 2.05) is 12.1 Å². The van der Waals surface area contributed by atoms with Crippen LogP contribution in [-0.4, -0.2) is 34.4 Å². The van der Waals surface area contributed by atoms with Crippen molar-refractivity contribution in [3.8, 4) is 0 Å². The summed E-state index contributed by atoms with van der Waals surface area (Å²) >= 11 is 6.15. The third-order valence-corrected chi connectivity index (χ3v) is 12.1. The Kier molecular flexibility index (Phi) is 6.33. The van der Waals surface area contributed by atoms with Gasteiger partial charge < -0.3 is 8.99 Å². The number of hydrogen-bond donors (Lipinski definition) is 0. The van der Waals surface area contributed by atoms with E-state index in [0.717, 1.165) is 0 Å². The highest BCUT2D eigenvalue weighted by atomic mass is 35.5. The van der Waals surface area contributed by atoms with Crippen molar-refractivity contribution in [1.29, 1.82) is 0 Å². The van der Waals surface area contributed by atoms with Gasteiger partial charge in [-0.2, -0.15) is 0 Å². The molecule has 0 fully saturated rings. The Balaban J connectivity index is 1.46. The van der Waals surface area contributed by atoms with Crippen LogP contribution < -0.4 is 10.4 Å². The van der Waals surface area contributed by atoms with Gasteiger partial charge in [0, 0.05) is 12.5 Å². The Labute approximate surface area is 210 Å². The van der Waals surface area contributed by atoms with Gasteiger partial charge >= 0.3 is 0 Å². The van der Waals surface area contributed by atoms with E-state index in [1.165, 1.54) is 16.7 Å². The molecule has 0 N–H and O–H groups in total. The van der Waals surface area contributed by atoms with Crippen molar-refractivity contribution in [2.45, 2.75) is 38.3 Å². The molecule has 0 unspecified atom stereocenters. The van der Waals surface area contributed by atoms with Gasteiger partial charge in [0.1, 0.15) is 17.7 Å². The zero-order valence-electron chi connectivity index (χ0n) is 20.0. The normalized spacial score (nSPS) is 18.7. The minimum Gasteiger partial charge on any atom is -0.407 e. The number of aromatic nitrogens is 4. The topological polar surface area (TPSA) is 52.8 Å². The molecule has 0 spiro atoms. The van der Waals surface area contributed by atoms with Crippen LogP contribution in [0.4, 0.5) is 4.39 Å². The molecule has 180 valence electrons. The second-order valence-electron chi connectivity index (χ2n) is 10.0. The number of benzene rings is 2. The summed E-state index contributed by atoms with van der Waals surface area (Å²) in [5.41, 5.74) is 1.01. The van der Waals surface area contributed by atoms with Gasteiger partial charge in [-0.3, -0.25) is 0 Å². The number of fused-ring (bicyclic) bond motifs is 1. The largest absolute Gasteiger partial charge is 0.407 e. The molecule has 0 amide bonds. The zero-order valence-corrected chi connectivity index (χ0v) is 21.8. The summed E-state index contributed by atoms with van der Waals surface area (Å²) in [6.07, 6.45) is 5.23. The molecule has 5 rings (SSSR count). The highest BCUT2D eigenvalue weighted by Gasteiger charge is 2.50. The van der Waals surface area contributed by atoms with Crippen LogP contribution >= 0.6 is 11.6 Å². The van der Waals surface area contributed by atoms with Crippen molar-refractivity contribution >= 4 is 41.5 Å². The Morgan fingerprint density at radius 3 is 2.23 bits per heavy atom. The van der Waals surface area contributed by atoms with E-state index in [0.29, 0.717) is 24.2 Å². The molecule has 4 aromatic rings. The molecule has 2 aromatic heterocycles. The number of imidazole rings is 1. The Bertz CT molecular complexity index is 1310. The van der Waals surface area contributed by atoms with Gasteiger partial charge in [0.25, 0.3) is 8.32 Å². The fourth-order valence-electron chi connectivity index (χ4n) is 5.21. The lowest BCUT2D eigenvalue weighted by atomic mass is 10.1. The van der Waals surface area contributed by atoms with Crippen LogP contribution in [0.1, 0.15) is 33.2 Å². The monoisotopic (exact) mass is 506 g/mol. The molecule has 1 aliphatic carbocycles. The van der Waals surface area contributed by atoms with Crippen LogP contribution in [-0.2, 0) is 4.43 Å². The lowest BCUT2D eigenvalue weighted by Crippen LogP contribution is -2.66. The van der Waals surface area contributed by atoms with Gasteiger partial charge in [-0.1, -0.05) is 93.0 Å². The first-order valence-corrected chi connectivity index (χ1v) is 14.0. The predicted molar refractivity (Wildman–Crippen MR) is 140 cm³/mol. The lowest BCUT2D eigenvalue weighted by molar-refractivity contribution is 0.250. The number of allylic oxidation sites excluding steroid dienone is 1. The van der Waals surface area contributed by atoms with Gasteiger partial charge in [-0.05, 0) is 27.9 Å². The van der Waals surface area contributed by atoms with Crippen LogP contribution in [0.15, 0.2) is 85.2 Å². The number of halogens is 2. The van der Waals surface area contributed by atoms with Crippen LogP contribution in [0.2, 0.25) is 10.2 Å². The molecule has 5 nitrogen and oxygen atoms in total. The fraction of sp³-hybridized carbons (Fsp3) is 0.296. The van der Waals surface area contributed by atoms with E-state index in [-0.39, 0.29) is 21.9 Å². The average molecular weight is 507 g/mol. The van der Waals surface area contributed by atoms with Crippen molar-refractivity contribution in [3.63, 3.8) is 0 Å². The molecule has 0 radical (unpaired) electrons. The Morgan fingerprint density at radius 1 is 1.00 bits per heavy atom. The third-order valence-electron chi connectivity index (χ3n) is 6.82. The molecular weight excluding hydrogens is 479 g/mol. The Morgan fingerprint density at radius 2 is 1.63 bits per heavy atom. The molecule has 1 aliphatic rings. The molecule has 2 atom stereocenters. The predicted octanol–water partition coefficient (Wildman–Crippen LogP) is 5.47. The maximum Gasteiger partial charge on any atom is 0.261 e. The van der Waals surface area contributed by atoms with E-state index >= 15 is 4.39 Å². The van der Waals surface area contributed by atoms with Crippen molar-refractivity contribution < 1.29 is 8.82 Å². The van der Waals surface area contributed by atoms with Gasteiger partial charge in [0.2, 0.25) is 0 Å². The first-order chi connectivity index (χ1) is 16.8. The molecule has 2 aromatic carbocycles. The molecule has 0 aliphatic heterocycles. The second-order valence-corrected chi connectivity index (χ2v) is 14.7. The van der Waals surface area contributed by atoms with Gasteiger partial charge in [0.15, 0.2) is 10.8 Å². The SMILES string of the molecule is CC(C)(C)[Si](OC[C@@H]1C=C(F)[C@H](n2cnc3c(Cl)ncnc32)C1)(c1ccccc1)c1ccccc1. The summed E-state index contributed by atoms with van der Waals surface area (Å²) in [5.74, 6) is -0.272. The average Bonchev–Trinajstić information content (AvgIpc) is 3.44. The highest BCUT2D eigenvalue weighted by Crippen LogP contribution is 2.40. The van der Waals surface area contributed by atoms with Crippen molar-refractivity contribution in [1.82, 2.24) is 19.5 Å². The maximum absolute atomic E-state index is 15.2. The molecule has 35 heavy (non-hydrogen) atoms. The van der Waals surface area contributed by atoms with E-state index in [2.05, 4.69) is 84.3 Å². The quantitative estimate of drug-likeness (QED) is 0.257. The van der Waals surface area contributed by atoms with Crippen LogP contribution in [0, 0.1) is 5.92 Å². The van der Waals surface area contributed by atoms with E-state index < -0.39 is 14.4 Å². The first-order valence-electron chi connectivity index (χ1n) is 11.8. The lowest BCUT2D eigenvalue weighted by Gasteiger charge is -2.43. The summed E-state index contributed by atoms with van der Waals surface area (Å²) in [6, 6.07) is 20.5. The second kappa shape index (κ2) is 9.30. The molecule has 0 saturated heterocycles. The van der Waals surface area contributed by atoms with Crippen LogP contribution in [0.5, 0.6) is 0 Å².